The number of likely N-dealkylation sites (N-methyl/N-ethyl adjacent to an activating group) is 1. The van der Waals surface area contributed by atoms with E-state index >= 15 is 0 Å². The zero-order chi connectivity index (χ0) is 19.4. The van der Waals surface area contributed by atoms with E-state index in [0.29, 0.717) is 18.7 Å². The van der Waals surface area contributed by atoms with Gasteiger partial charge in [-0.2, -0.15) is 0 Å². The Hall–Kier alpha value is -1.99. The molecule has 28 heavy (non-hydrogen) atoms. The number of nitrogens with zero attached hydrogens (tertiary/aromatic N) is 2. The van der Waals surface area contributed by atoms with Crippen LogP contribution < -0.4 is 14.8 Å². The molecular weight excluding hydrogens is 382 g/mol. The molecule has 0 bridgehead atoms. The highest BCUT2D eigenvalue weighted by Gasteiger charge is 2.37. The Morgan fingerprint density at radius 1 is 1.25 bits per heavy atom. The second kappa shape index (κ2) is 9.98. The van der Waals surface area contributed by atoms with Crippen molar-refractivity contribution in [2.75, 3.05) is 27.2 Å². The lowest BCUT2D eigenvalue weighted by Gasteiger charge is -2.28. The van der Waals surface area contributed by atoms with E-state index in [9.17, 15) is 9.59 Å². The van der Waals surface area contributed by atoms with Gasteiger partial charge < -0.3 is 14.8 Å². The summed E-state index contributed by atoms with van der Waals surface area (Å²) >= 11 is 0. The third kappa shape index (κ3) is 4.89. The number of benzene rings is 1. The maximum Gasteiger partial charge on any atom is 0.241 e. The van der Waals surface area contributed by atoms with Gasteiger partial charge in [-0.15, -0.1) is 12.4 Å². The normalized spacial score (nSPS) is 20.2. The molecule has 1 aromatic carbocycles. The molecule has 0 radical (unpaired) electrons. The summed E-state index contributed by atoms with van der Waals surface area (Å²) in [5, 5.41) is 6.09. The zero-order valence-corrected chi connectivity index (χ0v) is 17.6. The van der Waals surface area contributed by atoms with Crippen LogP contribution in [0.2, 0.25) is 0 Å². The standard InChI is InChI=1S/C20H29N3O4.ClH/c1-4-21-19(24)13-23-20(25)12-16(22(23)2)14-9-10-17(26-3)18(11-14)27-15-7-5-6-8-15;/h9-11,15-16H,4-8,12-13H2,1-3H3,(H,21,24);1H. The highest BCUT2D eigenvalue weighted by atomic mass is 35.5. The first-order valence-electron chi connectivity index (χ1n) is 9.67. The van der Waals surface area contributed by atoms with E-state index in [2.05, 4.69) is 5.32 Å². The predicted molar refractivity (Wildman–Crippen MR) is 109 cm³/mol. The van der Waals surface area contributed by atoms with E-state index in [1.807, 2.05) is 37.2 Å². The highest BCUT2D eigenvalue weighted by Crippen LogP contribution is 2.38. The SMILES string of the molecule is CCNC(=O)CN1C(=O)CC(c2ccc(OC)c(OC3CCCC3)c2)N1C.Cl. The van der Waals surface area contributed by atoms with Gasteiger partial charge in [-0.05, 0) is 50.3 Å². The Morgan fingerprint density at radius 3 is 2.61 bits per heavy atom. The number of hydrogen-bond donors (Lipinski definition) is 1. The van der Waals surface area contributed by atoms with E-state index in [-0.39, 0.29) is 42.9 Å². The quantitative estimate of drug-likeness (QED) is 0.746. The van der Waals surface area contributed by atoms with Gasteiger partial charge in [-0.25, -0.2) is 5.01 Å². The fourth-order valence-corrected chi connectivity index (χ4v) is 3.85. The fraction of sp³-hybridized carbons (Fsp3) is 0.600. The van der Waals surface area contributed by atoms with Crippen molar-refractivity contribution >= 4 is 24.2 Å². The molecule has 1 heterocycles. The third-order valence-corrected chi connectivity index (χ3v) is 5.32. The largest absolute Gasteiger partial charge is 0.493 e. The molecule has 1 aliphatic carbocycles. The van der Waals surface area contributed by atoms with E-state index < -0.39 is 0 Å². The minimum atomic E-state index is -0.154. The van der Waals surface area contributed by atoms with Crippen molar-refractivity contribution in [3.63, 3.8) is 0 Å². The highest BCUT2D eigenvalue weighted by molar-refractivity contribution is 5.86. The number of hydrazine groups is 1. The van der Waals surface area contributed by atoms with Crippen molar-refractivity contribution in [1.82, 2.24) is 15.3 Å². The van der Waals surface area contributed by atoms with Gasteiger partial charge in [0.05, 0.1) is 19.3 Å². The molecule has 0 spiro atoms. The summed E-state index contributed by atoms with van der Waals surface area (Å²) in [5.74, 6) is 1.22. The van der Waals surface area contributed by atoms with Crippen molar-refractivity contribution in [2.24, 2.45) is 0 Å². The van der Waals surface area contributed by atoms with Crippen LogP contribution in [0.3, 0.4) is 0 Å². The van der Waals surface area contributed by atoms with E-state index in [1.54, 1.807) is 7.11 Å². The number of nitrogens with one attached hydrogen (secondary N) is 1. The fourth-order valence-electron chi connectivity index (χ4n) is 3.85. The molecule has 1 unspecified atom stereocenters. The van der Waals surface area contributed by atoms with Crippen LogP contribution in [0.1, 0.15) is 50.6 Å². The van der Waals surface area contributed by atoms with Crippen LogP contribution in [0.4, 0.5) is 0 Å². The monoisotopic (exact) mass is 411 g/mol. The van der Waals surface area contributed by atoms with Crippen molar-refractivity contribution < 1.29 is 19.1 Å². The van der Waals surface area contributed by atoms with Crippen LogP contribution in [-0.4, -0.2) is 55.2 Å². The first kappa shape index (κ1) is 22.3. The first-order valence-corrected chi connectivity index (χ1v) is 9.67. The molecule has 1 aliphatic heterocycles. The molecule has 0 aromatic heterocycles. The molecular formula is C20H30ClN3O4. The van der Waals surface area contributed by atoms with Gasteiger partial charge in [0.1, 0.15) is 6.54 Å². The lowest BCUT2D eigenvalue weighted by atomic mass is 10.0. The van der Waals surface area contributed by atoms with Gasteiger partial charge in [0, 0.05) is 20.0 Å². The number of ether oxygens (including phenoxy) is 2. The van der Waals surface area contributed by atoms with Crippen LogP contribution in [0.25, 0.3) is 0 Å². The number of carbonyl (C=O) groups is 2. The van der Waals surface area contributed by atoms with E-state index in [4.69, 9.17) is 9.47 Å². The molecule has 1 N–H and O–H groups in total. The molecule has 1 saturated carbocycles. The van der Waals surface area contributed by atoms with Crippen LogP contribution in [0.5, 0.6) is 11.5 Å². The summed E-state index contributed by atoms with van der Waals surface area (Å²) in [4.78, 5) is 24.3. The predicted octanol–water partition coefficient (Wildman–Crippen LogP) is 2.69. The van der Waals surface area contributed by atoms with Gasteiger partial charge in [0.2, 0.25) is 11.8 Å². The number of methoxy groups -OCH3 is 1. The molecule has 2 amide bonds. The summed E-state index contributed by atoms with van der Waals surface area (Å²) in [6, 6.07) is 5.71. The molecule has 1 atom stereocenters. The number of hydrogen-bond acceptors (Lipinski definition) is 5. The number of carbonyl (C=O) groups excluding carboxylic acids is 2. The number of halogens is 1. The Bertz CT molecular complexity index is 694. The smallest absolute Gasteiger partial charge is 0.241 e. The van der Waals surface area contributed by atoms with Crippen LogP contribution >= 0.6 is 12.4 Å². The molecule has 8 heteroatoms. The molecule has 156 valence electrons. The van der Waals surface area contributed by atoms with Crippen LogP contribution in [0, 0.1) is 0 Å². The molecule has 2 fully saturated rings. The van der Waals surface area contributed by atoms with Gasteiger partial charge >= 0.3 is 0 Å². The van der Waals surface area contributed by atoms with Crippen molar-refractivity contribution in [2.45, 2.75) is 51.2 Å². The Balaban J connectivity index is 0.00000280. The maximum absolute atomic E-state index is 12.4. The van der Waals surface area contributed by atoms with Crippen LogP contribution in [-0.2, 0) is 9.59 Å². The summed E-state index contributed by atoms with van der Waals surface area (Å²) in [7, 11) is 3.48. The molecule has 1 saturated heterocycles. The van der Waals surface area contributed by atoms with Gasteiger partial charge in [-0.3, -0.25) is 14.6 Å². The second-order valence-corrected chi connectivity index (χ2v) is 7.13. The Kier molecular flexibility index (Phi) is 7.95. The second-order valence-electron chi connectivity index (χ2n) is 7.13. The average molecular weight is 412 g/mol. The van der Waals surface area contributed by atoms with Gasteiger partial charge in [0.25, 0.3) is 0 Å². The number of rotatable bonds is 7. The van der Waals surface area contributed by atoms with Crippen molar-refractivity contribution in [3.8, 4) is 11.5 Å². The van der Waals surface area contributed by atoms with Crippen molar-refractivity contribution in [1.29, 1.82) is 0 Å². The third-order valence-electron chi connectivity index (χ3n) is 5.32. The molecule has 7 nitrogen and oxygen atoms in total. The van der Waals surface area contributed by atoms with E-state index in [0.717, 1.165) is 24.2 Å². The van der Waals surface area contributed by atoms with Crippen molar-refractivity contribution in [3.05, 3.63) is 23.8 Å². The summed E-state index contributed by atoms with van der Waals surface area (Å²) < 4.78 is 11.6. The minimum Gasteiger partial charge on any atom is -0.493 e. The Morgan fingerprint density at radius 2 is 1.96 bits per heavy atom. The topological polar surface area (TPSA) is 71.1 Å². The molecule has 2 aliphatic rings. The zero-order valence-electron chi connectivity index (χ0n) is 16.8. The average Bonchev–Trinajstić information content (AvgIpc) is 3.25. The first-order chi connectivity index (χ1) is 13.0. The van der Waals surface area contributed by atoms with Crippen LogP contribution in [0.15, 0.2) is 18.2 Å². The summed E-state index contributed by atoms with van der Waals surface area (Å²) in [6.07, 6.45) is 5.09. The lowest BCUT2D eigenvalue weighted by Crippen LogP contribution is -2.44. The Labute approximate surface area is 172 Å². The maximum atomic E-state index is 12.4. The minimum absolute atomic E-state index is 0. The number of amides is 2. The summed E-state index contributed by atoms with van der Waals surface area (Å²) in [5.41, 5.74) is 0.984. The van der Waals surface area contributed by atoms with Gasteiger partial charge in [0.15, 0.2) is 11.5 Å². The molecule has 3 rings (SSSR count). The lowest BCUT2D eigenvalue weighted by molar-refractivity contribution is -0.143. The van der Waals surface area contributed by atoms with Gasteiger partial charge in [-0.1, -0.05) is 6.07 Å². The molecule has 1 aromatic rings. The summed E-state index contributed by atoms with van der Waals surface area (Å²) in [6.45, 7) is 2.45. The van der Waals surface area contributed by atoms with E-state index in [1.165, 1.54) is 17.9 Å².